The van der Waals surface area contributed by atoms with Crippen molar-refractivity contribution in [3.8, 4) is 0 Å². The largest absolute Gasteiger partial charge is 0.438 e. The molecule has 0 fully saturated rings. The molecule has 0 N–H and O–H groups in total. The molecule has 1 aromatic carbocycles. The highest BCUT2D eigenvalue weighted by Gasteiger charge is 2.34. The fourth-order valence-corrected chi connectivity index (χ4v) is 4.35. The monoisotopic (exact) mass is 424 g/mol. The van der Waals surface area contributed by atoms with Gasteiger partial charge in [0.05, 0.1) is 24.5 Å². The number of nitrogens with zero attached hydrogens (tertiary/aromatic N) is 2. The quantitative estimate of drug-likeness (QED) is 0.507. The van der Waals surface area contributed by atoms with E-state index in [1.165, 1.54) is 22.8 Å². The zero-order valence-corrected chi connectivity index (χ0v) is 17.7. The third kappa shape index (κ3) is 4.81. The normalized spacial score (nSPS) is 17.1. The first kappa shape index (κ1) is 21.4. The molecule has 0 spiro atoms. The second-order valence-corrected chi connectivity index (χ2v) is 9.65. The third-order valence-corrected chi connectivity index (χ3v) is 5.85. The first-order valence-corrected chi connectivity index (χ1v) is 11.6. The van der Waals surface area contributed by atoms with Crippen LogP contribution in [-0.2, 0) is 27.3 Å². The third-order valence-electron chi connectivity index (χ3n) is 5.00. The predicted molar refractivity (Wildman–Crippen MR) is 116 cm³/mol. The van der Waals surface area contributed by atoms with Crippen molar-refractivity contribution in [2.24, 2.45) is 0 Å². The van der Waals surface area contributed by atoms with E-state index in [0.29, 0.717) is 11.8 Å². The van der Waals surface area contributed by atoms with E-state index < -0.39 is 10.1 Å². The summed E-state index contributed by atoms with van der Waals surface area (Å²) in [5, 5.41) is 0.752. The van der Waals surface area contributed by atoms with Crippen molar-refractivity contribution in [3.05, 3.63) is 52.1 Å². The molecule has 8 heteroatoms. The minimum Gasteiger partial charge on any atom is -0.438 e. The highest BCUT2D eigenvalue weighted by atomic mass is 35.5. The maximum absolute atomic E-state index is 11.4. The van der Waals surface area contributed by atoms with E-state index in [9.17, 15) is 8.42 Å². The van der Waals surface area contributed by atoms with Gasteiger partial charge in [-0.2, -0.15) is 8.42 Å². The molecule has 0 amide bonds. The lowest BCUT2D eigenvalue weighted by Gasteiger charge is -2.21. The van der Waals surface area contributed by atoms with Crippen molar-refractivity contribution < 1.29 is 17.1 Å². The summed E-state index contributed by atoms with van der Waals surface area (Å²) >= 11 is 6.07. The van der Waals surface area contributed by atoms with E-state index in [1.807, 2.05) is 12.1 Å². The fraction of sp³-hybridized carbons (Fsp3) is 0.550. The molecule has 1 aliphatic rings. The lowest BCUT2D eigenvalue weighted by atomic mass is 9.87. The Balaban J connectivity index is 1.98. The summed E-state index contributed by atoms with van der Waals surface area (Å²) in [5.74, 6) is 2.20. The minimum absolute atomic E-state index is 0.0237. The van der Waals surface area contributed by atoms with E-state index in [4.69, 9.17) is 15.8 Å². The first-order chi connectivity index (χ1) is 13.2. The number of hydrogen-bond acceptors (Lipinski definition) is 3. The first-order valence-electron chi connectivity index (χ1n) is 9.42. The summed E-state index contributed by atoms with van der Waals surface area (Å²) in [7, 11) is -3.42. The highest BCUT2D eigenvalue weighted by Crippen LogP contribution is 2.35. The Hall–Kier alpha value is -1.31. The van der Waals surface area contributed by atoms with Crippen LogP contribution in [-0.4, -0.2) is 33.8 Å². The van der Waals surface area contributed by atoms with Crippen LogP contribution >= 0.6 is 11.6 Å². The lowest BCUT2D eigenvalue weighted by molar-refractivity contribution is -0.542. The summed E-state index contributed by atoms with van der Waals surface area (Å²) < 4.78 is 32.9. The fourth-order valence-electron chi connectivity index (χ4n) is 3.83. The van der Waals surface area contributed by atoms with Gasteiger partial charge >= 0.3 is 0 Å². The van der Waals surface area contributed by atoms with E-state index in [1.54, 1.807) is 0 Å². The molecule has 28 heavy (non-hydrogen) atoms. The predicted octanol–water partition coefficient (Wildman–Crippen LogP) is 2.52. The van der Waals surface area contributed by atoms with Gasteiger partial charge in [-0.15, -0.1) is 0 Å². The number of benzene rings is 1. The number of hydrogen-bond donors (Lipinski definition) is 0. The number of fused-ring (bicyclic) bond motifs is 1. The molecule has 2 aromatic rings. The van der Waals surface area contributed by atoms with Gasteiger partial charge < -0.3 is 4.48 Å². The van der Waals surface area contributed by atoms with Crippen molar-refractivity contribution in [2.45, 2.75) is 57.9 Å². The molecule has 3 rings (SSSR count). The summed E-state index contributed by atoms with van der Waals surface area (Å²) in [5.41, 5.74) is 4.12. The Kier molecular flexibility index (Phi) is 6.57. The zero-order valence-electron chi connectivity index (χ0n) is 16.1. The van der Waals surface area contributed by atoms with Crippen LogP contribution in [0.4, 0.5) is 0 Å². The smallest absolute Gasteiger partial charge is 0.264 e. The summed E-state index contributed by atoms with van der Waals surface area (Å²) in [6, 6.07) is 8.08. The van der Waals surface area contributed by atoms with Crippen LogP contribution in [0.2, 0.25) is 5.02 Å². The average molecular weight is 425 g/mol. The minimum atomic E-state index is -3.39. The van der Waals surface area contributed by atoms with Crippen molar-refractivity contribution in [2.75, 3.05) is 12.9 Å². The second-order valence-electron chi connectivity index (χ2n) is 7.57. The molecule has 0 radical (unpaired) electrons. The van der Waals surface area contributed by atoms with Gasteiger partial charge in [-0.1, -0.05) is 37.6 Å². The molecule has 154 valence electrons. The molecule has 1 atom stereocenters. The molecule has 5 nitrogen and oxygen atoms in total. The standard InChI is InChI=1S/C20H30BClN2O3S/c1-14(2)20-23(13-15-7-9-17(22)10-8-15)19-16(11-12-27-28(3,25)26)5-4-6-18(19)24(20)21/h7-10,14,16H,4-6,11-13H2,1-3,21H3. The topological polar surface area (TPSA) is 52.2 Å². The number of halogens is 1. The van der Waals surface area contributed by atoms with Crippen molar-refractivity contribution >= 4 is 29.7 Å². The molecule has 0 aliphatic heterocycles. The van der Waals surface area contributed by atoms with E-state index in [2.05, 4.69) is 35.0 Å². The van der Waals surface area contributed by atoms with Gasteiger partial charge in [-0.3, -0.25) is 4.18 Å². The maximum Gasteiger partial charge on any atom is 0.264 e. The van der Waals surface area contributed by atoms with Gasteiger partial charge in [0.15, 0.2) is 0 Å². The summed E-state index contributed by atoms with van der Waals surface area (Å²) in [6.45, 7) is 5.61. The van der Waals surface area contributed by atoms with E-state index in [0.717, 1.165) is 43.5 Å². The van der Waals surface area contributed by atoms with Crippen LogP contribution in [0.5, 0.6) is 0 Å². The highest BCUT2D eigenvalue weighted by molar-refractivity contribution is 7.85. The molecule has 1 aromatic heterocycles. The Labute approximate surface area is 174 Å². The van der Waals surface area contributed by atoms with Crippen LogP contribution < -0.4 is 4.48 Å². The number of rotatable bonds is 7. The van der Waals surface area contributed by atoms with Gasteiger partial charge in [0, 0.05) is 17.4 Å². The van der Waals surface area contributed by atoms with Gasteiger partial charge in [-0.05, 0) is 37.0 Å². The van der Waals surface area contributed by atoms with Crippen molar-refractivity contribution in [1.29, 1.82) is 0 Å². The SMILES string of the molecule is [BH3-][n+]1c2c(n(Cc3ccc(Cl)cc3)c1C(C)C)C(CCOS(C)(=O)=O)CCC2. The van der Waals surface area contributed by atoms with Gasteiger partial charge in [0.25, 0.3) is 10.1 Å². The van der Waals surface area contributed by atoms with E-state index in [-0.39, 0.29) is 14.6 Å². The average Bonchev–Trinajstić information content (AvgIpc) is 2.89. The Morgan fingerprint density at radius 1 is 1.32 bits per heavy atom. The lowest BCUT2D eigenvalue weighted by Crippen LogP contribution is -2.40. The Bertz CT molecular complexity index is 939. The number of aromatic nitrogens is 2. The summed E-state index contributed by atoms with van der Waals surface area (Å²) in [6.07, 6.45) is 5.22. The van der Waals surface area contributed by atoms with Gasteiger partial charge in [-0.25, -0.2) is 4.57 Å². The number of imidazole rings is 1. The molecular weight excluding hydrogens is 395 g/mol. The van der Waals surface area contributed by atoms with E-state index >= 15 is 0 Å². The molecule has 0 bridgehead atoms. The van der Waals surface area contributed by atoms with Gasteiger partial charge in [0.1, 0.15) is 20.2 Å². The summed E-state index contributed by atoms with van der Waals surface area (Å²) in [4.78, 5) is 0. The van der Waals surface area contributed by atoms with Crippen LogP contribution in [0.3, 0.4) is 0 Å². The second kappa shape index (κ2) is 8.60. The van der Waals surface area contributed by atoms with Gasteiger partial charge in [0.2, 0.25) is 5.82 Å². The zero-order chi connectivity index (χ0) is 20.5. The molecule has 0 saturated carbocycles. The molecular formula is C20H30BClN2O3S. The van der Waals surface area contributed by atoms with Crippen LogP contribution in [0.25, 0.3) is 0 Å². The van der Waals surface area contributed by atoms with Crippen molar-refractivity contribution in [1.82, 2.24) is 4.57 Å². The van der Waals surface area contributed by atoms with Crippen LogP contribution in [0, 0.1) is 0 Å². The van der Waals surface area contributed by atoms with Crippen LogP contribution in [0.15, 0.2) is 24.3 Å². The molecule has 1 aliphatic carbocycles. The maximum atomic E-state index is 11.4. The Morgan fingerprint density at radius 3 is 2.61 bits per heavy atom. The Morgan fingerprint density at radius 2 is 2.00 bits per heavy atom. The molecule has 1 unspecified atom stereocenters. The molecule has 0 saturated heterocycles. The van der Waals surface area contributed by atoms with Crippen LogP contribution in [0.1, 0.15) is 67.7 Å². The molecule has 1 heterocycles. The van der Waals surface area contributed by atoms with Crippen molar-refractivity contribution in [3.63, 3.8) is 0 Å².